The summed E-state index contributed by atoms with van der Waals surface area (Å²) in [6, 6.07) is 3.89. The topological polar surface area (TPSA) is 54.4 Å². The maximum absolute atomic E-state index is 10.5. The largest absolute Gasteiger partial charge is 0.481 e. The molecule has 4 nitrogen and oxygen atoms in total. The molecule has 0 aliphatic heterocycles. The Morgan fingerprint density at radius 3 is 2.74 bits per heavy atom. The van der Waals surface area contributed by atoms with Crippen LogP contribution in [0.1, 0.15) is 44.1 Å². The van der Waals surface area contributed by atoms with Crippen LogP contribution in [-0.4, -0.2) is 29.3 Å². The average molecular weight is 264 g/mol. The zero-order valence-electron chi connectivity index (χ0n) is 11.7. The molecular weight excluding hydrogens is 240 g/mol. The summed E-state index contributed by atoms with van der Waals surface area (Å²) in [6.07, 6.45) is 8.37. The molecule has 1 heterocycles. The van der Waals surface area contributed by atoms with Gasteiger partial charge in [-0.2, -0.15) is 0 Å². The lowest BCUT2D eigenvalue weighted by molar-refractivity contribution is 0.0250. The van der Waals surface area contributed by atoms with Crippen molar-refractivity contribution < 1.29 is 9.84 Å². The smallest absolute Gasteiger partial charge is 0.213 e. The second-order valence-corrected chi connectivity index (χ2v) is 5.45. The number of hydrogen-bond donors (Lipinski definition) is 2. The van der Waals surface area contributed by atoms with Crippen LogP contribution in [0.4, 0.5) is 0 Å². The molecule has 0 saturated heterocycles. The van der Waals surface area contributed by atoms with E-state index in [-0.39, 0.29) is 0 Å². The second kappa shape index (κ2) is 6.87. The highest BCUT2D eigenvalue weighted by Gasteiger charge is 2.27. The Bertz CT molecular complexity index is 387. The zero-order valence-corrected chi connectivity index (χ0v) is 11.7. The average Bonchev–Trinajstić information content (AvgIpc) is 2.64. The van der Waals surface area contributed by atoms with Crippen molar-refractivity contribution in [1.29, 1.82) is 0 Å². The summed E-state index contributed by atoms with van der Waals surface area (Å²) < 4.78 is 5.10. The monoisotopic (exact) mass is 264 g/mol. The van der Waals surface area contributed by atoms with Crippen LogP contribution < -0.4 is 10.1 Å². The SMILES string of the molecule is COc1cc(CNCC2(O)CCCCCC2)ccn1. The molecule has 0 radical (unpaired) electrons. The van der Waals surface area contributed by atoms with E-state index < -0.39 is 5.60 Å². The number of aliphatic hydroxyl groups is 1. The van der Waals surface area contributed by atoms with Crippen molar-refractivity contribution in [2.75, 3.05) is 13.7 Å². The molecule has 0 bridgehead atoms. The van der Waals surface area contributed by atoms with E-state index in [1.165, 1.54) is 12.8 Å². The number of nitrogens with one attached hydrogen (secondary N) is 1. The molecule has 19 heavy (non-hydrogen) atoms. The van der Waals surface area contributed by atoms with Gasteiger partial charge >= 0.3 is 0 Å². The molecule has 2 rings (SSSR count). The molecule has 0 amide bonds. The quantitative estimate of drug-likeness (QED) is 0.801. The van der Waals surface area contributed by atoms with Gasteiger partial charge in [-0.15, -0.1) is 0 Å². The van der Waals surface area contributed by atoms with Gasteiger partial charge in [0.1, 0.15) is 0 Å². The van der Waals surface area contributed by atoms with E-state index in [1.54, 1.807) is 13.3 Å². The molecular formula is C15H24N2O2. The summed E-state index contributed by atoms with van der Waals surface area (Å²) in [6.45, 7) is 1.40. The number of hydrogen-bond acceptors (Lipinski definition) is 4. The molecule has 0 unspecified atom stereocenters. The van der Waals surface area contributed by atoms with Crippen LogP contribution in [0, 0.1) is 0 Å². The lowest BCUT2D eigenvalue weighted by Crippen LogP contribution is -2.39. The molecule has 0 spiro atoms. The Balaban J connectivity index is 1.81. The molecule has 1 aromatic heterocycles. The van der Waals surface area contributed by atoms with Gasteiger partial charge in [0, 0.05) is 25.4 Å². The van der Waals surface area contributed by atoms with Gasteiger partial charge in [0.05, 0.1) is 12.7 Å². The van der Waals surface area contributed by atoms with E-state index >= 15 is 0 Å². The Kier molecular flexibility index (Phi) is 5.16. The summed E-state index contributed by atoms with van der Waals surface area (Å²) in [5.74, 6) is 0.632. The van der Waals surface area contributed by atoms with Gasteiger partial charge in [0.25, 0.3) is 0 Å². The standard InChI is InChI=1S/C15H24N2O2/c1-19-14-10-13(6-9-17-14)11-16-12-15(18)7-4-2-3-5-8-15/h6,9-10,16,18H,2-5,7-8,11-12H2,1H3. The van der Waals surface area contributed by atoms with E-state index in [0.29, 0.717) is 12.4 Å². The highest BCUT2D eigenvalue weighted by Crippen LogP contribution is 2.26. The maximum atomic E-state index is 10.5. The molecule has 1 fully saturated rings. The first kappa shape index (κ1) is 14.3. The van der Waals surface area contributed by atoms with Gasteiger partial charge < -0.3 is 15.2 Å². The minimum atomic E-state index is -0.520. The van der Waals surface area contributed by atoms with Crippen molar-refractivity contribution in [2.24, 2.45) is 0 Å². The number of methoxy groups -OCH3 is 1. The normalized spacial score (nSPS) is 18.8. The van der Waals surface area contributed by atoms with E-state index in [0.717, 1.165) is 37.8 Å². The van der Waals surface area contributed by atoms with E-state index in [9.17, 15) is 5.11 Å². The Labute approximate surface area is 115 Å². The lowest BCUT2D eigenvalue weighted by atomic mass is 9.94. The fraction of sp³-hybridized carbons (Fsp3) is 0.667. The van der Waals surface area contributed by atoms with E-state index in [4.69, 9.17) is 4.74 Å². The fourth-order valence-electron chi connectivity index (χ4n) is 2.67. The molecule has 2 N–H and O–H groups in total. The second-order valence-electron chi connectivity index (χ2n) is 5.45. The predicted molar refractivity (Wildman–Crippen MR) is 75.1 cm³/mol. The molecule has 106 valence electrons. The van der Waals surface area contributed by atoms with Gasteiger partial charge in [-0.3, -0.25) is 0 Å². The van der Waals surface area contributed by atoms with Crippen LogP contribution in [0.25, 0.3) is 0 Å². The van der Waals surface area contributed by atoms with Gasteiger partial charge in [-0.1, -0.05) is 25.7 Å². The van der Waals surface area contributed by atoms with Crippen molar-refractivity contribution >= 4 is 0 Å². The summed E-state index contributed by atoms with van der Waals surface area (Å²) in [5, 5.41) is 13.9. The molecule has 4 heteroatoms. The van der Waals surface area contributed by atoms with E-state index in [1.807, 2.05) is 12.1 Å². The van der Waals surface area contributed by atoms with Crippen LogP contribution in [-0.2, 0) is 6.54 Å². The minimum Gasteiger partial charge on any atom is -0.481 e. The number of rotatable bonds is 5. The van der Waals surface area contributed by atoms with Crippen molar-refractivity contribution in [1.82, 2.24) is 10.3 Å². The molecule has 1 saturated carbocycles. The Hall–Kier alpha value is -1.13. The number of ether oxygens (including phenoxy) is 1. The number of pyridine rings is 1. The number of aromatic nitrogens is 1. The van der Waals surface area contributed by atoms with Crippen molar-refractivity contribution in [3.05, 3.63) is 23.9 Å². The number of nitrogens with zero attached hydrogens (tertiary/aromatic N) is 1. The van der Waals surface area contributed by atoms with Gasteiger partial charge in [0.15, 0.2) is 0 Å². The molecule has 0 atom stereocenters. The van der Waals surface area contributed by atoms with Crippen LogP contribution in [0.5, 0.6) is 5.88 Å². The van der Waals surface area contributed by atoms with Crippen molar-refractivity contribution in [2.45, 2.75) is 50.7 Å². The third-order valence-electron chi connectivity index (χ3n) is 3.83. The first-order valence-electron chi connectivity index (χ1n) is 7.14. The lowest BCUT2D eigenvalue weighted by Gasteiger charge is -2.27. The summed E-state index contributed by atoms with van der Waals surface area (Å²) in [4.78, 5) is 4.08. The van der Waals surface area contributed by atoms with Crippen LogP contribution in [0.3, 0.4) is 0 Å². The summed E-state index contributed by atoms with van der Waals surface area (Å²) in [5.41, 5.74) is 0.609. The molecule has 1 aliphatic carbocycles. The third-order valence-corrected chi connectivity index (χ3v) is 3.83. The van der Waals surface area contributed by atoms with Crippen LogP contribution >= 0.6 is 0 Å². The third kappa shape index (κ3) is 4.48. The summed E-state index contributed by atoms with van der Waals surface area (Å²) in [7, 11) is 1.62. The Morgan fingerprint density at radius 1 is 1.32 bits per heavy atom. The van der Waals surface area contributed by atoms with Gasteiger partial charge in [-0.05, 0) is 24.5 Å². The van der Waals surface area contributed by atoms with Crippen molar-refractivity contribution in [3.8, 4) is 5.88 Å². The summed E-state index contributed by atoms with van der Waals surface area (Å²) >= 11 is 0. The van der Waals surface area contributed by atoms with Crippen LogP contribution in [0.2, 0.25) is 0 Å². The predicted octanol–water partition coefficient (Wildman–Crippen LogP) is 2.27. The highest BCUT2D eigenvalue weighted by atomic mass is 16.5. The maximum Gasteiger partial charge on any atom is 0.213 e. The van der Waals surface area contributed by atoms with Crippen LogP contribution in [0.15, 0.2) is 18.3 Å². The molecule has 1 aromatic rings. The van der Waals surface area contributed by atoms with E-state index in [2.05, 4.69) is 10.3 Å². The first-order valence-corrected chi connectivity index (χ1v) is 7.14. The highest BCUT2D eigenvalue weighted by molar-refractivity contribution is 5.20. The van der Waals surface area contributed by atoms with Gasteiger partial charge in [-0.25, -0.2) is 4.98 Å². The zero-order chi connectivity index (χ0) is 13.6. The molecule has 0 aromatic carbocycles. The van der Waals surface area contributed by atoms with Crippen molar-refractivity contribution in [3.63, 3.8) is 0 Å². The molecule has 1 aliphatic rings. The minimum absolute atomic E-state index is 0.520. The first-order chi connectivity index (χ1) is 9.22. The fourth-order valence-corrected chi connectivity index (χ4v) is 2.67. The van der Waals surface area contributed by atoms with Gasteiger partial charge in [0.2, 0.25) is 5.88 Å². The Morgan fingerprint density at radius 2 is 2.05 bits per heavy atom.